The topological polar surface area (TPSA) is 68.5 Å². The summed E-state index contributed by atoms with van der Waals surface area (Å²) in [6.45, 7) is 1.93. The number of carbonyl (C=O) groups is 1. The minimum absolute atomic E-state index is 0.313. The molecule has 0 aliphatic heterocycles. The monoisotopic (exact) mass is 376 g/mol. The van der Waals surface area contributed by atoms with Gasteiger partial charge in [-0.2, -0.15) is 0 Å². The van der Waals surface area contributed by atoms with Gasteiger partial charge in [0.05, 0.1) is 23.9 Å². The number of methoxy groups -OCH3 is 1. The van der Waals surface area contributed by atoms with Crippen molar-refractivity contribution in [1.29, 1.82) is 0 Å². The first-order valence-corrected chi connectivity index (χ1v) is 8.63. The van der Waals surface area contributed by atoms with E-state index in [2.05, 4.69) is 15.5 Å². The van der Waals surface area contributed by atoms with Gasteiger partial charge in [0, 0.05) is 6.20 Å². The fourth-order valence-corrected chi connectivity index (χ4v) is 3.03. The lowest BCUT2D eigenvalue weighted by molar-refractivity contribution is 0.102. The van der Waals surface area contributed by atoms with Crippen molar-refractivity contribution in [3.8, 4) is 17.1 Å². The Morgan fingerprint density at radius 1 is 1.11 bits per heavy atom. The number of hydrogen-bond acceptors (Lipinski definition) is 4. The Morgan fingerprint density at radius 2 is 1.93 bits per heavy atom. The van der Waals surface area contributed by atoms with E-state index in [1.807, 2.05) is 19.1 Å². The number of anilines is 1. The van der Waals surface area contributed by atoms with Crippen LogP contribution in [-0.4, -0.2) is 27.6 Å². The molecule has 2 aromatic carbocycles. The zero-order chi connectivity index (χ0) is 19.7. The molecule has 0 radical (unpaired) electrons. The molecule has 4 aromatic rings. The molecule has 28 heavy (non-hydrogen) atoms. The number of nitrogens with one attached hydrogen (secondary N) is 1. The van der Waals surface area contributed by atoms with Crippen LogP contribution >= 0.6 is 0 Å². The van der Waals surface area contributed by atoms with Crippen molar-refractivity contribution in [2.75, 3.05) is 12.4 Å². The first-order chi connectivity index (χ1) is 13.6. The van der Waals surface area contributed by atoms with Gasteiger partial charge >= 0.3 is 0 Å². The van der Waals surface area contributed by atoms with Crippen LogP contribution < -0.4 is 10.1 Å². The lowest BCUT2D eigenvalue weighted by atomic mass is 10.2. The van der Waals surface area contributed by atoms with Gasteiger partial charge in [-0.25, -0.2) is 4.39 Å². The number of halogens is 1. The molecule has 0 saturated heterocycles. The van der Waals surface area contributed by atoms with E-state index in [1.165, 1.54) is 6.07 Å². The fourth-order valence-electron chi connectivity index (χ4n) is 3.03. The average molecular weight is 376 g/mol. The second-order valence-corrected chi connectivity index (χ2v) is 6.28. The Balaban J connectivity index is 1.75. The summed E-state index contributed by atoms with van der Waals surface area (Å²) in [6, 6.07) is 15.2. The first kappa shape index (κ1) is 17.7. The molecule has 1 amide bonds. The maximum absolute atomic E-state index is 14.2. The number of hydrogen-bond donors (Lipinski definition) is 1. The Kier molecular flexibility index (Phi) is 4.49. The lowest BCUT2D eigenvalue weighted by Gasteiger charge is -2.11. The molecule has 0 aliphatic rings. The number of aryl methyl sites for hydroxylation is 1. The number of aromatic nitrogens is 3. The van der Waals surface area contributed by atoms with Crippen molar-refractivity contribution in [2.45, 2.75) is 6.92 Å². The molecule has 2 heterocycles. The quantitative estimate of drug-likeness (QED) is 0.582. The first-order valence-electron chi connectivity index (χ1n) is 8.63. The van der Waals surface area contributed by atoms with E-state index >= 15 is 0 Å². The standard InChI is InChI=1S/C21H17FN4O2/c1-13-9-10-18(28-2)17(12-13)23-21(27)15-7-5-11-26-19(24-25-20(15)26)14-6-3-4-8-16(14)22/h3-12H,1-2H3,(H,23,27). The van der Waals surface area contributed by atoms with Crippen LogP contribution in [0.2, 0.25) is 0 Å². The molecule has 0 bridgehead atoms. The van der Waals surface area contributed by atoms with Gasteiger partial charge in [0.2, 0.25) is 0 Å². The summed E-state index contributed by atoms with van der Waals surface area (Å²) in [5.74, 6) is 0.119. The van der Waals surface area contributed by atoms with Crippen LogP contribution in [0.5, 0.6) is 5.75 Å². The maximum Gasteiger partial charge on any atom is 0.259 e. The van der Waals surface area contributed by atoms with Gasteiger partial charge < -0.3 is 10.1 Å². The third-order valence-corrected chi connectivity index (χ3v) is 4.40. The number of pyridine rings is 1. The van der Waals surface area contributed by atoms with Crippen LogP contribution in [0.1, 0.15) is 15.9 Å². The largest absolute Gasteiger partial charge is 0.495 e. The molecular formula is C21H17FN4O2. The van der Waals surface area contributed by atoms with Crippen molar-refractivity contribution in [2.24, 2.45) is 0 Å². The van der Waals surface area contributed by atoms with Crippen LogP contribution in [0.25, 0.3) is 17.0 Å². The Labute approximate surface area is 160 Å². The minimum Gasteiger partial charge on any atom is -0.495 e. The number of fused-ring (bicyclic) bond motifs is 1. The van der Waals surface area contributed by atoms with E-state index in [0.29, 0.717) is 34.0 Å². The van der Waals surface area contributed by atoms with Crippen LogP contribution in [0.3, 0.4) is 0 Å². The predicted octanol–water partition coefficient (Wildman–Crippen LogP) is 4.10. The highest BCUT2D eigenvalue weighted by Gasteiger charge is 2.18. The zero-order valence-electron chi connectivity index (χ0n) is 15.3. The second-order valence-electron chi connectivity index (χ2n) is 6.28. The molecule has 1 N–H and O–H groups in total. The van der Waals surface area contributed by atoms with Gasteiger partial charge in [-0.15, -0.1) is 10.2 Å². The summed E-state index contributed by atoms with van der Waals surface area (Å²) < 4.78 is 21.1. The van der Waals surface area contributed by atoms with Gasteiger partial charge in [-0.3, -0.25) is 9.20 Å². The van der Waals surface area contributed by atoms with Crippen LogP contribution in [0, 0.1) is 12.7 Å². The summed E-state index contributed by atoms with van der Waals surface area (Å²) in [6.07, 6.45) is 1.70. The highest BCUT2D eigenvalue weighted by atomic mass is 19.1. The Morgan fingerprint density at radius 3 is 2.71 bits per heavy atom. The Hall–Kier alpha value is -3.74. The third kappa shape index (κ3) is 3.07. The Bertz CT molecular complexity index is 1190. The predicted molar refractivity (Wildman–Crippen MR) is 104 cm³/mol. The van der Waals surface area contributed by atoms with Gasteiger partial charge in [-0.1, -0.05) is 18.2 Å². The zero-order valence-corrected chi connectivity index (χ0v) is 15.3. The van der Waals surface area contributed by atoms with E-state index in [1.54, 1.807) is 54.1 Å². The average Bonchev–Trinajstić information content (AvgIpc) is 3.12. The molecule has 4 rings (SSSR count). The molecule has 0 atom stereocenters. The van der Waals surface area contributed by atoms with Gasteiger partial charge in [0.25, 0.3) is 5.91 Å². The van der Waals surface area contributed by atoms with Crippen molar-refractivity contribution in [3.05, 3.63) is 77.7 Å². The summed E-state index contributed by atoms with van der Waals surface area (Å²) in [5, 5.41) is 11.1. The molecule has 7 heteroatoms. The number of rotatable bonds is 4. The minimum atomic E-state index is -0.406. The molecule has 0 saturated carbocycles. The summed E-state index contributed by atoms with van der Waals surface area (Å²) >= 11 is 0. The van der Waals surface area contributed by atoms with Crippen LogP contribution in [0.4, 0.5) is 10.1 Å². The normalized spacial score (nSPS) is 10.8. The molecular weight excluding hydrogens is 359 g/mol. The molecule has 0 spiro atoms. The van der Waals surface area contributed by atoms with E-state index in [4.69, 9.17) is 4.74 Å². The maximum atomic E-state index is 14.2. The number of amides is 1. The SMILES string of the molecule is COc1ccc(C)cc1NC(=O)c1cccn2c(-c3ccccc3F)nnc12. The number of carbonyl (C=O) groups excluding carboxylic acids is 1. The van der Waals surface area contributed by atoms with Crippen molar-refractivity contribution in [1.82, 2.24) is 14.6 Å². The van der Waals surface area contributed by atoms with Gasteiger partial charge in [-0.05, 0) is 48.9 Å². The summed E-state index contributed by atoms with van der Waals surface area (Å²) in [7, 11) is 1.54. The number of nitrogens with zero attached hydrogens (tertiary/aromatic N) is 3. The third-order valence-electron chi connectivity index (χ3n) is 4.40. The molecule has 6 nitrogen and oxygen atoms in total. The van der Waals surface area contributed by atoms with Gasteiger partial charge in [0.1, 0.15) is 11.6 Å². The summed E-state index contributed by atoms with van der Waals surface area (Å²) in [5.41, 5.74) is 2.51. The molecule has 140 valence electrons. The number of benzene rings is 2. The van der Waals surface area contributed by atoms with E-state index in [0.717, 1.165) is 5.56 Å². The van der Waals surface area contributed by atoms with Gasteiger partial charge in [0.15, 0.2) is 11.5 Å². The lowest BCUT2D eigenvalue weighted by Crippen LogP contribution is -2.14. The molecule has 0 aliphatic carbocycles. The van der Waals surface area contributed by atoms with Crippen LogP contribution in [-0.2, 0) is 0 Å². The number of ether oxygens (including phenoxy) is 1. The highest BCUT2D eigenvalue weighted by Crippen LogP contribution is 2.27. The summed E-state index contributed by atoms with van der Waals surface area (Å²) in [4.78, 5) is 12.9. The fraction of sp³-hybridized carbons (Fsp3) is 0.0952. The molecule has 0 fully saturated rings. The second kappa shape index (κ2) is 7.11. The van der Waals surface area contributed by atoms with E-state index < -0.39 is 5.82 Å². The van der Waals surface area contributed by atoms with Crippen LogP contribution in [0.15, 0.2) is 60.8 Å². The van der Waals surface area contributed by atoms with E-state index in [-0.39, 0.29) is 5.91 Å². The van der Waals surface area contributed by atoms with Crippen molar-refractivity contribution in [3.63, 3.8) is 0 Å². The molecule has 2 aromatic heterocycles. The van der Waals surface area contributed by atoms with Crippen molar-refractivity contribution >= 4 is 17.2 Å². The molecule has 0 unspecified atom stereocenters. The smallest absolute Gasteiger partial charge is 0.259 e. The van der Waals surface area contributed by atoms with Crippen molar-refractivity contribution < 1.29 is 13.9 Å². The highest BCUT2D eigenvalue weighted by molar-refractivity contribution is 6.09. The van der Waals surface area contributed by atoms with E-state index in [9.17, 15) is 9.18 Å².